The molecule has 0 atom stereocenters. The topological polar surface area (TPSA) is 24.4 Å². The zero-order valence-electron chi connectivity index (χ0n) is 11.2. The van der Waals surface area contributed by atoms with Crippen LogP contribution in [0.25, 0.3) is 0 Å². The minimum atomic E-state index is 0.154. The fourth-order valence-corrected chi connectivity index (χ4v) is 3.89. The van der Waals surface area contributed by atoms with Crippen molar-refractivity contribution in [2.24, 2.45) is 4.99 Å². The van der Waals surface area contributed by atoms with E-state index in [0.29, 0.717) is 0 Å². The molecule has 1 aliphatic heterocycles. The normalized spacial score (nSPS) is 17.6. The summed E-state index contributed by atoms with van der Waals surface area (Å²) in [6.07, 6.45) is 4.34. The van der Waals surface area contributed by atoms with E-state index in [1.54, 1.807) is 11.8 Å². The molecular weight excluding hydrogens is 260 g/mol. The van der Waals surface area contributed by atoms with E-state index in [0.717, 1.165) is 23.8 Å². The maximum absolute atomic E-state index is 4.89. The zero-order valence-corrected chi connectivity index (χ0v) is 12.8. The van der Waals surface area contributed by atoms with Crippen LogP contribution in [-0.2, 0) is 0 Å². The minimum absolute atomic E-state index is 0.154. The summed E-state index contributed by atoms with van der Waals surface area (Å²) in [7, 11) is 0. The van der Waals surface area contributed by atoms with Crippen molar-refractivity contribution in [1.82, 2.24) is 0 Å². The van der Waals surface area contributed by atoms with E-state index in [2.05, 4.69) is 49.7 Å². The van der Waals surface area contributed by atoms with Gasteiger partial charge in [0.25, 0.3) is 0 Å². The number of para-hydroxylation sites is 1. The van der Waals surface area contributed by atoms with Crippen molar-refractivity contribution in [2.75, 3.05) is 17.3 Å². The van der Waals surface area contributed by atoms with Gasteiger partial charge in [0.05, 0.1) is 11.2 Å². The second-order valence-corrected chi connectivity index (χ2v) is 6.27. The van der Waals surface area contributed by atoms with Gasteiger partial charge in [-0.15, -0.1) is 11.8 Å². The maximum Gasteiger partial charge on any atom is 0.161 e. The molecule has 0 radical (unpaired) electrons. The fourth-order valence-electron chi connectivity index (χ4n) is 2.02. The Labute approximate surface area is 118 Å². The fraction of sp³-hybridized carbons (Fsp3) is 0.500. The molecule has 0 bridgehead atoms. The Morgan fingerprint density at radius 1 is 1.33 bits per heavy atom. The molecule has 0 amide bonds. The number of aliphatic imine (C=N–C) groups is 1. The van der Waals surface area contributed by atoms with Gasteiger partial charge in [-0.1, -0.05) is 37.7 Å². The first-order chi connectivity index (χ1) is 8.73. The maximum atomic E-state index is 4.89. The van der Waals surface area contributed by atoms with Gasteiger partial charge >= 0.3 is 0 Å². The summed E-state index contributed by atoms with van der Waals surface area (Å²) in [5.74, 6) is 1.10. The summed E-state index contributed by atoms with van der Waals surface area (Å²) < 4.78 is 0. The van der Waals surface area contributed by atoms with Crippen LogP contribution in [0.3, 0.4) is 0 Å². The van der Waals surface area contributed by atoms with Crippen LogP contribution in [0.1, 0.15) is 26.7 Å². The first-order valence-electron chi connectivity index (χ1n) is 6.35. The molecule has 2 rings (SSSR count). The quantitative estimate of drug-likeness (QED) is 0.823. The van der Waals surface area contributed by atoms with E-state index in [1.165, 1.54) is 10.6 Å². The van der Waals surface area contributed by atoms with E-state index in [1.807, 2.05) is 11.8 Å². The average Bonchev–Trinajstić information content (AvgIpc) is 2.83. The molecule has 98 valence electrons. The van der Waals surface area contributed by atoms with E-state index in [-0.39, 0.29) is 5.54 Å². The molecule has 1 heterocycles. The Hall–Kier alpha value is -0.610. The summed E-state index contributed by atoms with van der Waals surface area (Å²) in [6.45, 7) is 4.46. The molecule has 18 heavy (non-hydrogen) atoms. The van der Waals surface area contributed by atoms with Crippen molar-refractivity contribution in [2.45, 2.75) is 37.1 Å². The third kappa shape index (κ3) is 2.86. The molecule has 1 aliphatic rings. The largest absolute Gasteiger partial charge is 0.334 e. The third-order valence-electron chi connectivity index (χ3n) is 3.48. The number of amidine groups is 1. The highest BCUT2D eigenvalue weighted by molar-refractivity contribution is 8.14. The average molecular weight is 280 g/mol. The number of rotatable bonds is 4. The number of nitrogens with one attached hydrogen (secondary N) is 1. The van der Waals surface area contributed by atoms with Crippen LogP contribution in [0.4, 0.5) is 5.69 Å². The van der Waals surface area contributed by atoms with Gasteiger partial charge < -0.3 is 5.32 Å². The van der Waals surface area contributed by atoms with Crippen LogP contribution in [-0.4, -0.2) is 22.7 Å². The number of thioether (sulfide) groups is 2. The lowest BCUT2D eigenvalue weighted by Crippen LogP contribution is -2.24. The van der Waals surface area contributed by atoms with Crippen LogP contribution in [0.2, 0.25) is 0 Å². The number of hydrogen-bond donors (Lipinski definition) is 1. The van der Waals surface area contributed by atoms with Crippen LogP contribution >= 0.6 is 23.5 Å². The molecule has 0 saturated heterocycles. The summed E-state index contributed by atoms with van der Waals surface area (Å²) in [4.78, 5) is 6.16. The van der Waals surface area contributed by atoms with Gasteiger partial charge in [-0.3, -0.25) is 4.99 Å². The molecule has 0 spiro atoms. The summed E-state index contributed by atoms with van der Waals surface area (Å²) in [5, 5.41) is 4.55. The predicted octanol–water partition coefficient (Wildman–Crippen LogP) is 4.48. The van der Waals surface area contributed by atoms with Crippen LogP contribution in [0.5, 0.6) is 0 Å². The van der Waals surface area contributed by atoms with Gasteiger partial charge in [-0.2, -0.15) is 0 Å². The predicted molar refractivity (Wildman–Crippen MR) is 85.1 cm³/mol. The molecule has 4 heteroatoms. The molecule has 2 nitrogen and oxygen atoms in total. The zero-order chi connectivity index (χ0) is 13.0. The molecule has 0 fully saturated rings. The molecule has 0 saturated carbocycles. The molecule has 1 aromatic carbocycles. The first kappa shape index (κ1) is 13.8. The lowest BCUT2D eigenvalue weighted by molar-refractivity contribution is 0.456. The van der Waals surface area contributed by atoms with Crippen molar-refractivity contribution in [3.63, 3.8) is 0 Å². The standard InChI is InChI=1S/C14H20N2S2/c1-4-14(5-2)10-18-13(16-14)15-11-8-6-7-9-12(11)17-3/h6-9H,4-5,10H2,1-3H3,(H,15,16). The van der Waals surface area contributed by atoms with E-state index in [9.17, 15) is 0 Å². The number of benzene rings is 1. The van der Waals surface area contributed by atoms with Crippen molar-refractivity contribution >= 4 is 34.4 Å². The van der Waals surface area contributed by atoms with Crippen LogP contribution in [0, 0.1) is 0 Å². The van der Waals surface area contributed by atoms with E-state index >= 15 is 0 Å². The second-order valence-electron chi connectivity index (χ2n) is 4.46. The minimum Gasteiger partial charge on any atom is -0.334 e. The molecule has 1 N–H and O–H groups in total. The molecule has 1 aromatic rings. The third-order valence-corrected chi connectivity index (χ3v) is 5.43. The smallest absolute Gasteiger partial charge is 0.161 e. The van der Waals surface area contributed by atoms with Crippen molar-refractivity contribution < 1.29 is 0 Å². The van der Waals surface area contributed by atoms with Crippen LogP contribution < -0.4 is 5.32 Å². The van der Waals surface area contributed by atoms with Crippen LogP contribution in [0.15, 0.2) is 34.2 Å². The van der Waals surface area contributed by atoms with Crippen molar-refractivity contribution in [3.05, 3.63) is 24.3 Å². The highest BCUT2D eigenvalue weighted by Crippen LogP contribution is 2.35. The summed E-state index contributed by atoms with van der Waals surface area (Å²) in [5.41, 5.74) is 1.32. The van der Waals surface area contributed by atoms with E-state index < -0.39 is 0 Å². The molecular formula is C14H20N2S2. The number of nitrogens with zero attached hydrogens (tertiary/aromatic N) is 1. The Kier molecular flexibility index (Phi) is 4.62. The van der Waals surface area contributed by atoms with Gasteiger partial charge in [-0.05, 0) is 31.2 Å². The van der Waals surface area contributed by atoms with E-state index in [4.69, 9.17) is 4.99 Å². The van der Waals surface area contributed by atoms with Crippen molar-refractivity contribution in [1.29, 1.82) is 0 Å². The van der Waals surface area contributed by atoms with Gasteiger partial charge in [0.1, 0.15) is 0 Å². The number of anilines is 1. The highest BCUT2D eigenvalue weighted by atomic mass is 32.2. The van der Waals surface area contributed by atoms with Gasteiger partial charge in [0, 0.05) is 10.6 Å². The monoisotopic (exact) mass is 280 g/mol. The van der Waals surface area contributed by atoms with Crippen molar-refractivity contribution in [3.8, 4) is 0 Å². The Morgan fingerprint density at radius 2 is 2.06 bits per heavy atom. The number of hydrogen-bond acceptors (Lipinski definition) is 4. The Morgan fingerprint density at radius 3 is 2.67 bits per heavy atom. The second kappa shape index (κ2) is 6.02. The Bertz CT molecular complexity index is 439. The van der Waals surface area contributed by atoms with Gasteiger partial charge in [-0.25, -0.2) is 0 Å². The first-order valence-corrected chi connectivity index (χ1v) is 8.56. The molecule has 0 unspecified atom stereocenters. The highest BCUT2D eigenvalue weighted by Gasteiger charge is 2.32. The SMILES string of the molecule is CCC1(CC)CSC(Nc2ccccc2SC)=N1. The molecule has 0 aliphatic carbocycles. The summed E-state index contributed by atoms with van der Waals surface area (Å²) >= 11 is 3.61. The lowest BCUT2D eigenvalue weighted by Gasteiger charge is -2.20. The van der Waals surface area contributed by atoms with Gasteiger partial charge in [0.15, 0.2) is 5.17 Å². The molecule has 0 aromatic heterocycles. The summed E-state index contributed by atoms with van der Waals surface area (Å²) in [6, 6.07) is 8.39. The Balaban J connectivity index is 2.15. The van der Waals surface area contributed by atoms with Gasteiger partial charge in [0.2, 0.25) is 0 Å². The lowest BCUT2D eigenvalue weighted by atomic mass is 9.97.